The monoisotopic (exact) mass is 226 g/mol. The first-order valence-electron chi connectivity index (χ1n) is 7.17. The summed E-state index contributed by atoms with van der Waals surface area (Å²) in [6.45, 7) is 13.0. The molecule has 1 heterocycles. The van der Waals surface area contributed by atoms with Crippen molar-refractivity contribution in [2.45, 2.75) is 65.5 Å². The Hall–Kier alpha value is -0.0800. The van der Waals surface area contributed by atoms with Crippen LogP contribution < -0.4 is 5.32 Å². The number of nitrogens with zero attached hydrogens (tertiary/aromatic N) is 1. The van der Waals surface area contributed by atoms with Crippen molar-refractivity contribution < 1.29 is 0 Å². The van der Waals surface area contributed by atoms with Gasteiger partial charge in [0, 0.05) is 18.6 Å². The highest BCUT2D eigenvalue weighted by molar-refractivity contribution is 4.89. The molecule has 0 amide bonds. The van der Waals surface area contributed by atoms with E-state index < -0.39 is 0 Å². The lowest BCUT2D eigenvalue weighted by Gasteiger charge is -2.35. The number of unbranched alkanes of at least 4 members (excludes halogenated alkanes) is 2. The first-order chi connectivity index (χ1) is 7.70. The van der Waals surface area contributed by atoms with Crippen LogP contribution in [0.2, 0.25) is 0 Å². The number of hydrogen-bond donors (Lipinski definition) is 1. The van der Waals surface area contributed by atoms with Gasteiger partial charge in [-0.2, -0.15) is 0 Å². The zero-order chi connectivity index (χ0) is 12.0. The molecule has 1 N–H and O–H groups in total. The Bertz CT molecular complexity index is 180. The number of nitrogens with one attached hydrogen (secondary N) is 1. The zero-order valence-electron chi connectivity index (χ0n) is 11.6. The Balaban J connectivity index is 2.48. The van der Waals surface area contributed by atoms with Crippen LogP contribution in [-0.2, 0) is 0 Å². The van der Waals surface area contributed by atoms with Gasteiger partial charge in [0.05, 0.1) is 0 Å². The Morgan fingerprint density at radius 1 is 1.19 bits per heavy atom. The summed E-state index contributed by atoms with van der Waals surface area (Å²) in [4.78, 5) is 2.73. The third-order valence-corrected chi connectivity index (χ3v) is 3.94. The van der Waals surface area contributed by atoms with Crippen molar-refractivity contribution in [2.24, 2.45) is 5.92 Å². The van der Waals surface area contributed by atoms with Gasteiger partial charge in [-0.25, -0.2) is 0 Å². The molecular formula is C14H30N2. The smallest absolute Gasteiger partial charge is 0.0263 e. The van der Waals surface area contributed by atoms with E-state index in [2.05, 4.69) is 37.9 Å². The van der Waals surface area contributed by atoms with E-state index in [1.165, 1.54) is 45.3 Å². The summed E-state index contributed by atoms with van der Waals surface area (Å²) >= 11 is 0. The molecule has 0 spiro atoms. The van der Waals surface area contributed by atoms with Crippen molar-refractivity contribution in [1.82, 2.24) is 10.2 Å². The minimum Gasteiger partial charge on any atom is -0.315 e. The van der Waals surface area contributed by atoms with E-state index in [0.29, 0.717) is 6.04 Å². The van der Waals surface area contributed by atoms with Crippen molar-refractivity contribution in [1.29, 1.82) is 0 Å². The number of hydrogen-bond acceptors (Lipinski definition) is 2. The lowest BCUT2D eigenvalue weighted by Crippen LogP contribution is -2.45. The molecule has 2 heteroatoms. The highest BCUT2D eigenvalue weighted by Crippen LogP contribution is 2.21. The first-order valence-corrected chi connectivity index (χ1v) is 7.17. The van der Waals surface area contributed by atoms with E-state index in [-0.39, 0.29) is 0 Å². The molecule has 16 heavy (non-hydrogen) atoms. The topological polar surface area (TPSA) is 15.3 Å². The van der Waals surface area contributed by atoms with Crippen LogP contribution in [0, 0.1) is 5.92 Å². The fourth-order valence-corrected chi connectivity index (χ4v) is 2.88. The molecule has 1 rings (SSSR count). The fourth-order valence-electron chi connectivity index (χ4n) is 2.88. The second-order valence-electron chi connectivity index (χ2n) is 5.43. The van der Waals surface area contributed by atoms with Gasteiger partial charge in [0.1, 0.15) is 0 Å². The summed E-state index contributed by atoms with van der Waals surface area (Å²) in [5.41, 5.74) is 0. The van der Waals surface area contributed by atoms with E-state index in [0.717, 1.165) is 12.0 Å². The fraction of sp³-hybridized carbons (Fsp3) is 1.00. The molecule has 1 aliphatic rings. The summed E-state index contributed by atoms with van der Waals surface area (Å²) < 4.78 is 0. The predicted octanol–water partition coefficient (Wildman–Crippen LogP) is 2.89. The number of rotatable bonds is 7. The molecule has 0 aromatic heterocycles. The predicted molar refractivity (Wildman–Crippen MR) is 71.8 cm³/mol. The lowest BCUT2D eigenvalue weighted by molar-refractivity contribution is 0.128. The SMILES string of the molecule is CCCCCN(C(C)C)C1CNCC1CC. The maximum absolute atomic E-state index is 3.56. The van der Waals surface area contributed by atoms with Gasteiger partial charge in [-0.3, -0.25) is 4.90 Å². The maximum atomic E-state index is 3.56. The summed E-state index contributed by atoms with van der Waals surface area (Å²) in [6, 6.07) is 1.47. The Morgan fingerprint density at radius 2 is 1.94 bits per heavy atom. The normalized spacial score (nSPS) is 25.9. The van der Waals surface area contributed by atoms with E-state index in [1.807, 2.05) is 0 Å². The molecule has 0 aromatic carbocycles. The molecule has 1 aliphatic heterocycles. The first kappa shape index (κ1) is 14.0. The molecule has 0 saturated carbocycles. The second kappa shape index (κ2) is 7.29. The van der Waals surface area contributed by atoms with Crippen molar-refractivity contribution in [3.05, 3.63) is 0 Å². The van der Waals surface area contributed by atoms with Crippen LogP contribution in [-0.4, -0.2) is 36.6 Å². The van der Waals surface area contributed by atoms with Crippen LogP contribution in [0.15, 0.2) is 0 Å². The van der Waals surface area contributed by atoms with Crippen LogP contribution in [0.3, 0.4) is 0 Å². The summed E-state index contributed by atoms with van der Waals surface area (Å²) in [6.07, 6.45) is 5.38. The summed E-state index contributed by atoms with van der Waals surface area (Å²) in [7, 11) is 0. The highest BCUT2D eigenvalue weighted by Gasteiger charge is 2.31. The molecule has 2 atom stereocenters. The van der Waals surface area contributed by atoms with Crippen molar-refractivity contribution in [2.75, 3.05) is 19.6 Å². The van der Waals surface area contributed by atoms with Gasteiger partial charge < -0.3 is 5.32 Å². The van der Waals surface area contributed by atoms with Crippen LogP contribution in [0.25, 0.3) is 0 Å². The van der Waals surface area contributed by atoms with Crippen LogP contribution >= 0.6 is 0 Å². The molecule has 0 radical (unpaired) electrons. The molecule has 1 saturated heterocycles. The van der Waals surface area contributed by atoms with Crippen LogP contribution in [0.4, 0.5) is 0 Å². The third-order valence-electron chi connectivity index (χ3n) is 3.94. The van der Waals surface area contributed by atoms with Gasteiger partial charge in [-0.05, 0) is 39.3 Å². The molecule has 0 bridgehead atoms. The van der Waals surface area contributed by atoms with E-state index in [4.69, 9.17) is 0 Å². The highest BCUT2D eigenvalue weighted by atomic mass is 15.2. The van der Waals surface area contributed by atoms with Gasteiger partial charge in [0.15, 0.2) is 0 Å². The van der Waals surface area contributed by atoms with Crippen LogP contribution in [0.5, 0.6) is 0 Å². The lowest BCUT2D eigenvalue weighted by atomic mass is 9.97. The van der Waals surface area contributed by atoms with Crippen LogP contribution in [0.1, 0.15) is 53.4 Å². The minimum absolute atomic E-state index is 0.691. The Morgan fingerprint density at radius 3 is 2.50 bits per heavy atom. The average Bonchev–Trinajstić information content (AvgIpc) is 2.71. The molecule has 96 valence electrons. The van der Waals surface area contributed by atoms with Crippen molar-refractivity contribution in [3.63, 3.8) is 0 Å². The summed E-state index contributed by atoms with van der Waals surface area (Å²) in [5, 5.41) is 3.56. The van der Waals surface area contributed by atoms with Gasteiger partial charge in [0.25, 0.3) is 0 Å². The largest absolute Gasteiger partial charge is 0.315 e. The molecule has 0 aliphatic carbocycles. The quantitative estimate of drug-likeness (QED) is 0.672. The third kappa shape index (κ3) is 3.74. The molecule has 2 unspecified atom stereocenters. The van der Waals surface area contributed by atoms with Gasteiger partial charge in [-0.15, -0.1) is 0 Å². The minimum atomic E-state index is 0.691. The molecular weight excluding hydrogens is 196 g/mol. The van der Waals surface area contributed by atoms with E-state index in [1.54, 1.807) is 0 Å². The maximum Gasteiger partial charge on any atom is 0.0263 e. The van der Waals surface area contributed by atoms with Crippen molar-refractivity contribution >= 4 is 0 Å². The molecule has 1 fully saturated rings. The second-order valence-corrected chi connectivity index (χ2v) is 5.43. The summed E-state index contributed by atoms with van der Waals surface area (Å²) in [5.74, 6) is 0.865. The Kier molecular flexibility index (Phi) is 6.37. The van der Waals surface area contributed by atoms with Crippen molar-refractivity contribution in [3.8, 4) is 0 Å². The zero-order valence-corrected chi connectivity index (χ0v) is 11.6. The average molecular weight is 226 g/mol. The van der Waals surface area contributed by atoms with Gasteiger partial charge in [0.2, 0.25) is 0 Å². The standard InChI is InChI=1S/C14H30N2/c1-5-7-8-9-16(12(3)4)14-11-15-10-13(14)6-2/h12-15H,5-11H2,1-4H3. The van der Waals surface area contributed by atoms with E-state index in [9.17, 15) is 0 Å². The van der Waals surface area contributed by atoms with E-state index >= 15 is 0 Å². The van der Waals surface area contributed by atoms with Gasteiger partial charge >= 0.3 is 0 Å². The van der Waals surface area contributed by atoms with Gasteiger partial charge in [-0.1, -0.05) is 33.1 Å². The Labute approximate surface area is 102 Å². The molecule has 2 nitrogen and oxygen atoms in total. The molecule has 0 aromatic rings.